The summed E-state index contributed by atoms with van der Waals surface area (Å²) in [4.78, 5) is 6.54. The molecule has 0 amide bonds. The molecule has 0 fully saturated rings. The third-order valence-electron chi connectivity index (χ3n) is 2.12. The Morgan fingerprint density at radius 1 is 1.53 bits per heavy atom. The quantitative estimate of drug-likeness (QED) is 0.798. The lowest BCUT2D eigenvalue weighted by Gasteiger charge is -2.17. The Bertz CT molecular complexity index is 410. The van der Waals surface area contributed by atoms with Crippen LogP contribution < -0.4 is 4.90 Å². The normalized spacial score (nSPS) is 10.5. The zero-order valence-electron chi connectivity index (χ0n) is 8.80. The largest absolute Gasteiger partial charge is 0.472 e. The van der Waals surface area contributed by atoms with Gasteiger partial charge in [0.1, 0.15) is 5.82 Å². The van der Waals surface area contributed by atoms with E-state index in [0.29, 0.717) is 0 Å². The number of anilines is 1. The van der Waals surface area contributed by atoms with Crippen molar-refractivity contribution in [1.82, 2.24) is 9.36 Å². The van der Waals surface area contributed by atoms with Crippen molar-refractivity contribution in [3.05, 3.63) is 30.0 Å². The Kier molecular flexibility index (Phi) is 3.01. The zero-order chi connectivity index (χ0) is 10.7. The van der Waals surface area contributed by atoms with Gasteiger partial charge in [-0.2, -0.15) is 4.37 Å². The smallest absolute Gasteiger partial charge is 0.205 e. The summed E-state index contributed by atoms with van der Waals surface area (Å²) in [7, 11) is 0. The standard InChI is InChI=1S/C10H13N3OS/c1-3-13(6-9-4-5-14-7-9)10-11-8(2)12-15-10/h4-5,7H,3,6H2,1-2H3. The minimum atomic E-state index is 0.821. The maximum absolute atomic E-state index is 5.04. The molecule has 80 valence electrons. The van der Waals surface area contributed by atoms with Gasteiger partial charge in [0, 0.05) is 30.2 Å². The predicted molar refractivity (Wildman–Crippen MR) is 60.1 cm³/mol. The lowest BCUT2D eigenvalue weighted by atomic mass is 10.3. The van der Waals surface area contributed by atoms with Gasteiger partial charge in [-0.15, -0.1) is 0 Å². The molecular formula is C10H13N3OS. The van der Waals surface area contributed by atoms with Crippen LogP contribution in [-0.4, -0.2) is 15.9 Å². The van der Waals surface area contributed by atoms with Gasteiger partial charge in [-0.1, -0.05) is 0 Å². The molecule has 5 heteroatoms. The SMILES string of the molecule is CCN(Cc1ccoc1)c1nc(C)ns1. The van der Waals surface area contributed by atoms with Crippen LogP contribution in [0, 0.1) is 6.92 Å². The highest BCUT2D eigenvalue weighted by atomic mass is 32.1. The molecule has 2 aromatic rings. The summed E-state index contributed by atoms with van der Waals surface area (Å²) in [5.74, 6) is 0.834. The van der Waals surface area contributed by atoms with Gasteiger partial charge in [-0.25, -0.2) is 4.98 Å². The van der Waals surface area contributed by atoms with Crippen LogP contribution in [0.2, 0.25) is 0 Å². The van der Waals surface area contributed by atoms with Gasteiger partial charge in [0.05, 0.1) is 12.5 Å². The molecule has 0 N–H and O–H groups in total. The van der Waals surface area contributed by atoms with E-state index in [1.165, 1.54) is 11.5 Å². The van der Waals surface area contributed by atoms with Crippen molar-refractivity contribution in [3.63, 3.8) is 0 Å². The fraction of sp³-hybridized carbons (Fsp3) is 0.400. The number of hydrogen-bond acceptors (Lipinski definition) is 5. The summed E-state index contributed by atoms with van der Waals surface area (Å²) in [6.07, 6.45) is 3.45. The first kappa shape index (κ1) is 10.2. The molecule has 0 aliphatic carbocycles. The molecule has 0 bridgehead atoms. The molecule has 0 radical (unpaired) electrons. The maximum Gasteiger partial charge on any atom is 0.205 e. The van der Waals surface area contributed by atoms with E-state index in [4.69, 9.17) is 4.42 Å². The minimum Gasteiger partial charge on any atom is -0.472 e. The summed E-state index contributed by atoms with van der Waals surface area (Å²) in [5, 5.41) is 0.969. The third-order valence-corrected chi connectivity index (χ3v) is 2.99. The number of nitrogens with zero attached hydrogens (tertiary/aromatic N) is 3. The first-order valence-electron chi connectivity index (χ1n) is 4.86. The fourth-order valence-electron chi connectivity index (χ4n) is 1.33. The Labute approximate surface area is 92.7 Å². The Morgan fingerprint density at radius 3 is 2.93 bits per heavy atom. The van der Waals surface area contributed by atoms with E-state index in [-0.39, 0.29) is 0 Å². The number of aromatic nitrogens is 2. The number of rotatable bonds is 4. The van der Waals surface area contributed by atoms with E-state index in [9.17, 15) is 0 Å². The second-order valence-electron chi connectivity index (χ2n) is 3.27. The molecule has 4 nitrogen and oxygen atoms in total. The van der Waals surface area contributed by atoms with Gasteiger partial charge in [0.25, 0.3) is 0 Å². The summed E-state index contributed by atoms with van der Waals surface area (Å²) in [6, 6.07) is 1.97. The van der Waals surface area contributed by atoms with Gasteiger partial charge in [-0.3, -0.25) is 0 Å². The zero-order valence-corrected chi connectivity index (χ0v) is 9.62. The van der Waals surface area contributed by atoms with Crippen LogP contribution in [0.1, 0.15) is 18.3 Å². The summed E-state index contributed by atoms with van der Waals surface area (Å²) in [6.45, 7) is 5.75. The molecule has 0 aliphatic heterocycles. The number of hydrogen-bond donors (Lipinski definition) is 0. The first-order chi connectivity index (χ1) is 7.29. The Hall–Kier alpha value is -1.36. The second-order valence-corrected chi connectivity index (χ2v) is 4.00. The van der Waals surface area contributed by atoms with E-state index in [1.54, 1.807) is 12.5 Å². The van der Waals surface area contributed by atoms with Gasteiger partial charge in [0.2, 0.25) is 5.13 Å². The lowest BCUT2D eigenvalue weighted by molar-refractivity contribution is 0.563. The van der Waals surface area contributed by atoms with Crippen LogP contribution in [0.4, 0.5) is 5.13 Å². The topological polar surface area (TPSA) is 42.2 Å². The molecule has 2 heterocycles. The Balaban J connectivity index is 2.11. The lowest BCUT2D eigenvalue weighted by Crippen LogP contribution is -2.21. The molecule has 0 aromatic carbocycles. The van der Waals surface area contributed by atoms with Crippen molar-refractivity contribution in [2.75, 3.05) is 11.4 Å². The van der Waals surface area contributed by atoms with Crippen molar-refractivity contribution in [1.29, 1.82) is 0 Å². The number of furan rings is 1. The minimum absolute atomic E-state index is 0.821. The predicted octanol–water partition coefficient (Wildman–Crippen LogP) is 2.47. The highest BCUT2D eigenvalue weighted by Crippen LogP contribution is 2.19. The van der Waals surface area contributed by atoms with Gasteiger partial charge >= 0.3 is 0 Å². The van der Waals surface area contributed by atoms with E-state index in [2.05, 4.69) is 21.2 Å². The molecule has 0 saturated heterocycles. The first-order valence-corrected chi connectivity index (χ1v) is 5.63. The molecule has 2 rings (SSSR count). The van der Waals surface area contributed by atoms with E-state index < -0.39 is 0 Å². The molecule has 0 saturated carbocycles. The molecule has 0 spiro atoms. The van der Waals surface area contributed by atoms with Gasteiger partial charge in [-0.05, 0) is 19.9 Å². The van der Waals surface area contributed by atoms with Crippen LogP contribution in [0.15, 0.2) is 23.0 Å². The molecule has 2 aromatic heterocycles. The van der Waals surface area contributed by atoms with Gasteiger partial charge in [0.15, 0.2) is 0 Å². The summed E-state index contributed by atoms with van der Waals surface area (Å²) in [5.41, 5.74) is 1.16. The summed E-state index contributed by atoms with van der Waals surface area (Å²) < 4.78 is 9.22. The van der Waals surface area contributed by atoms with E-state index in [0.717, 1.165) is 29.6 Å². The van der Waals surface area contributed by atoms with Crippen LogP contribution in [0.5, 0.6) is 0 Å². The van der Waals surface area contributed by atoms with Crippen molar-refractivity contribution < 1.29 is 4.42 Å². The summed E-state index contributed by atoms with van der Waals surface area (Å²) >= 11 is 1.44. The van der Waals surface area contributed by atoms with Crippen LogP contribution in [0.3, 0.4) is 0 Å². The average Bonchev–Trinajstić information content (AvgIpc) is 2.85. The van der Waals surface area contributed by atoms with Crippen LogP contribution >= 0.6 is 11.5 Å². The highest BCUT2D eigenvalue weighted by Gasteiger charge is 2.10. The average molecular weight is 223 g/mol. The Morgan fingerprint density at radius 2 is 2.40 bits per heavy atom. The van der Waals surface area contributed by atoms with E-state index >= 15 is 0 Å². The molecule has 0 aliphatic rings. The third kappa shape index (κ3) is 2.36. The van der Waals surface area contributed by atoms with Crippen molar-refractivity contribution in [2.24, 2.45) is 0 Å². The van der Waals surface area contributed by atoms with E-state index in [1.807, 2.05) is 13.0 Å². The van der Waals surface area contributed by atoms with Crippen molar-refractivity contribution in [3.8, 4) is 0 Å². The second kappa shape index (κ2) is 4.44. The number of aryl methyl sites for hydroxylation is 1. The fourth-order valence-corrected chi connectivity index (χ4v) is 2.07. The van der Waals surface area contributed by atoms with Crippen LogP contribution in [-0.2, 0) is 6.54 Å². The molecule has 15 heavy (non-hydrogen) atoms. The molecule has 0 atom stereocenters. The monoisotopic (exact) mass is 223 g/mol. The van der Waals surface area contributed by atoms with Crippen molar-refractivity contribution >= 4 is 16.7 Å². The highest BCUT2D eigenvalue weighted by molar-refractivity contribution is 7.09. The molecular weight excluding hydrogens is 210 g/mol. The molecule has 0 unspecified atom stereocenters. The van der Waals surface area contributed by atoms with Crippen molar-refractivity contribution in [2.45, 2.75) is 20.4 Å². The van der Waals surface area contributed by atoms with Gasteiger partial charge < -0.3 is 9.32 Å². The van der Waals surface area contributed by atoms with Crippen LogP contribution in [0.25, 0.3) is 0 Å². The maximum atomic E-state index is 5.04.